The van der Waals surface area contributed by atoms with Crippen LogP contribution < -0.4 is 31.8 Å². The first-order chi connectivity index (χ1) is 23.1. The van der Waals surface area contributed by atoms with E-state index in [1.54, 1.807) is 0 Å². The molecular weight excluding hydrogens is 686 g/mol. The lowest BCUT2D eigenvalue weighted by Crippen LogP contribution is -2.20. The van der Waals surface area contributed by atoms with Gasteiger partial charge in [0.15, 0.2) is 0 Å². The summed E-state index contributed by atoms with van der Waals surface area (Å²) in [6.07, 6.45) is 0. The Morgan fingerprint density at radius 3 is 0.583 bits per heavy atom. The molecule has 0 bridgehead atoms. The minimum absolute atomic E-state index is 0.446. The maximum absolute atomic E-state index is 9.51. The third-order valence-corrected chi connectivity index (χ3v) is 11.7. The topological polar surface area (TPSA) is 127 Å². The Hall–Kier alpha value is -4.08. The molecule has 0 spiro atoms. The molecule has 6 rings (SSSR count). The lowest BCUT2D eigenvalue weighted by atomic mass is 10.4. The lowest BCUT2D eigenvalue weighted by Gasteiger charge is -2.18. The van der Waals surface area contributed by atoms with E-state index in [0.29, 0.717) is 0 Å². The number of benzene rings is 6. The molecule has 0 heterocycles. The summed E-state index contributed by atoms with van der Waals surface area (Å²) in [4.78, 5) is 0. The second-order valence-electron chi connectivity index (χ2n) is 9.68. The first-order valence-electron chi connectivity index (χ1n) is 14.3. The zero-order valence-corrected chi connectivity index (χ0v) is 28.8. The van der Waals surface area contributed by atoms with E-state index in [9.17, 15) is 16.8 Å². The lowest BCUT2D eigenvalue weighted by molar-refractivity contribution is -0.105. The van der Waals surface area contributed by atoms with Gasteiger partial charge in [-0.05, 0) is 47.7 Å². The molecule has 6 aromatic rings. The summed E-state index contributed by atoms with van der Waals surface area (Å²) in [5.41, 5.74) is 0. The van der Waals surface area contributed by atoms with E-state index in [2.05, 4.69) is 191 Å². The summed E-state index contributed by atoms with van der Waals surface area (Å²) in [7, 11) is -10.9. The molecule has 0 atom stereocenters. The first kappa shape index (κ1) is 36.8. The van der Waals surface area contributed by atoms with Crippen LogP contribution in [-0.2, 0) is 29.5 Å². The molecule has 0 saturated carbocycles. The van der Waals surface area contributed by atoms with Gasteiger partial charge < -0.3 is 0 Å². The zero-order valence-electron chi connectivity index (χ0n) is 25.4. The van der Waals surface area contributed by atoms with Crippen molar-refractivity contribution in [3.05, 3.63) is 182 Å². The highest BCUT2D eigenvalue weighted by Gasteiger charge is 2.16. The van der Waals surface area contributed by atoms with Gasteiger partial charge in [0.1, 0.15) is 0 Å². The average molecular weight is 719 g/mol. The van der Waals surface area contributed by atoms with Gasteiger partial charge in [-0.2, -0.15) is 16.8 Å². The second kappa shape index (κ2) is 18.5. The van der Waals surface area contributed by atoms with Gasteiger partial charge in [0.05, 0.1) is 0 Å². The summed E-state index contributed by atoms with van der Waals surface area (Å²) in [5.74, 6) is 0. The highest BCUT2D eigenvalue weighted by atomic mass is 32.3. The van der Waals surface area contributed by atoms with Gasteiger partial charge in [-0.1, -0.05) is 191 Å². The summed E-state index contributed by atoms with van der Waals surface area (Å²) in [6.45, 7) is 0. The second-order valence-corrected chi connectivity index (χ2v) is 16.1. The predicted molar refractivity (Wildman–Crippen MR) is 196 cm³/mol. The predicted octanol–water partition coefficient (Wildman–Crippen LogP) is 5.43. The molecule has 0 saturated heterocycles. The SMILES string of the molecule is O=S(=O)(O)OOS(=O)(=O)O.c1ccc(P(c2ccccc2)c2ccccc2)cc1.c1ccc(P(c2ccccc2)c2ccccc2)cc1. The Labute approximate surface area is 284 Å². The monoisotopic (exact) mass is 718 g/mol. The van der Waals surface area contributed by atoms with Gasteiger partial charge in [-0.25, -0.2) is 0 Å². The molecular formula is C36H32O8P2S2. The van der Waals surface area contributed by atoms with E-state index in [1.807, 2.05) is 0 Å². The van der Waals surface area contributed by atoms with Crippen molar-refractivity contribution in [3.8, 4) is 0 Å². The maximum Gasteiger partial charge on any atom is 0.425 e. The molecule has 0 amide bonds. The first-order valence-corrected chi connectivity index (χ1v) is 19.8. The molecule has 246 valence electrons. The summed E-state index contributed by atoms with van der Waals surface area (Å²) < 4.78 is 58.9. The Morgan fingerprint density at radius 2 is 0.458 bits per heavy atom. The van der Waals surface area contributed by atoms with E-state index < -0.39 is 36.6 Å². The molecule has 48 heavy (non-hydrogen) atoms. The van der Waals surface area contributed by atoms with Crippen LogP contribution in [0.3, 0.4) is 0 Å². The van der Waals surface area contributed by atoms with Crippen LogP contribution in [0.1, 0.15) is 0 Å². The van der Waals surface area contributed by atoms with E-state index in [1.165, 1.54) is 31.8 Å². The van der Waals surface area contributed by atoms with Crippen molar-refractivity contribution in [1.82, 2.24) is 0 Å². The van der Waals surface area contributed by atoms with E-state index in [0.717, 1.165) is 0 Å². The summed E-state index contributed by atoms with van der Waals surface area (Å²) in [5, 5.41) is 8.39. The highest BCUT2D eigenvalue weighted by molar-refractivity contribution is 7.83. The fourth-order valence-corrected chi connectivity index (χ4v) is 9.60. The van der Waals surface area contributed by atoms with Crippen LogP contribution in [0, 0.1) is 0 Å². The number of hydrogen-bond acceptors (Lipinski definition) is 6. The van der Waals surface area contributed by atoms with Crippen molar-refractivity contribution in [2.24, 2.45) is 0 Å². The van der Waals surface area contributed by atoms with Crippen LogP contribution >= 0.6 is 15.8 Å². The molecule has 0 aromatic heterocycles. The van der Waals surface area contributed by atoms with Crippen LogP contribution in [0.2, 0.25) is 0 Å². The highest BCUT2D eigenvalue weighted by Crippen LogP contribution is 2.33. The average Bonchev–Trinajstić information content (AvgIpc) is 3.11. The molecule has 0 aliphatic carbocycles. The van der Waals surface area contributed by atoms with Crippen molar-refractivity contribution < 1.29 is 34.6 Å². The van der Waals surface area contributed by atoms with Gasteiger partial charge in [-0.15, -0.1) is 0 Å². The molecule has 12 heteroatoms. The molecule has 0 fully saturated rings. The van der Waals surface area contributed by atoms with Gasteiger partial charge in [0.25, 0.3) is 0 Å². The molecule has 6 aromatic carbocycles. The number of rotatable bonds is 9. The Kier molecular flexibility index (Phi) is 14.1. The molecule has 2 N–H and O–H groups in total. The third kappa shape index (κ3) is 12.5. The van der Waals surface area contributed by atoms with Gasteiger partial charge in [0.2, 0.25) is 0 Å². The fraction of sp³-hybridized carbons (Fsp3) is 0. The quantitative estimate of drug-likeness (QED) is 0.0878. The van der Waals surface area contributed by atoms with Crippen molar-refractivity contribution in [2.75, 3.05) is 0 Å². The minimum Gasteiger partial charge on any atom is -0.262 e. The smallest absolute Gasteiger partial charge is 0.262 e. The van der Waals surface area contributed by atoms with Crippen LogP contribution in [0.4, 0.5) is 0 Å². The summed E-state index contributed by atoms with van der Waals surface area (Å²) in [6, 6.07) is 64.7. The van der Waals surface area contributed by atoms with Crippen LogP contribution in [0.25, 0.3) is 0 Å². The minimum atomic E-state index is -5.02. The fourth-order valence-electron chi connectivity index (χ4n) is 4.43. The molecule has 0 radical (unpaired) electrons. The van der Waals surface area contributed by atoms with Crippen LogP contribution in [-0.4, -0.2) is 25.9 Å². The number of hydrogen-bond donors (Lipinski definition) is 2. The molecule has 0 aliphatic rings. The van der Waals surface area contributed by atoms with Crippen molar-refractivity contribution in [3.63, 3.8) is 0 Å². The Morgan fingerprint density at radius 1 is 0.312 bits per heavy atom. The van der Waals surface area contributed by atoms with Crippen molar-refractivity contribution in [1.29, 1.82) is 0 Å². The van der Waals surface area contributed by atoms with E-state index in [-0.39, 0.29) is 0 Å². The van der Waals surface area contributed by atoms with Crippen LogP contribution in [0.5, 0.6) is 0 Å². The normalized spacial score (nSPS) is 11.2. The van der Waals surface area contributed by atoms with Crippen molar-refractivity contribution in [2.45, 2.75) is 0 Å². The standard InChI is InChI=1S/2C18H15P.H2O8S2/c2*1-4-10-16(11-5-1)19(17-12-6-2-7-13-17)18-14-8-3-9-15-18;1-9(2,3)7-8-10(4,5)6/h2*1-15H;(H,1,2,3)(H,4,5,6). The van der Waals surface area contributed by atoms with E-state index >= 15 is 0 Å². The molecule has 8 nitrogen and oxygen atoms in total. The maximum atomic E-state index is 9.51. The largest absolute Gasteiger partial charge is 0.425 e. The van der Waals surface area contributed by atoms with Gasteiger partial charge >= 0.3 is 20.8 Å². The van der Waals surface area contributed by atoms with Crippen molar-refractivity contribution >= 4 is 68.5 Å². The molecule has 0 unspecified atom stereocenters. The van der Waals surface area contributed by atoms with E-state index in [4.69, 9.17) is 9.11 Å². The zero-order chi connectivity index (χ0) is 34.2. The summed E-state index contributed by atoms with van der Waals surface area (Å²) >= 11 is 0. The Balaban J connectivity index is 0.000000172. The third-order valence-electron chi connectivity index (χ3n) is 6.29. The Bertz CT molecular complexity index is 1670. The van der Waals surface area contributed by atoms with Gasteiger partial charge in [0, 0.05) is 0 Å². The van der Waals surface area contributed by atoms with Crippen LogP contribution in [0.15, 0.2) is 182 Å². The van der Waals surface area contributed by atoms with Gasteiger partial charge in [-0.3, -0.25) is 9.11 Å². The molecule has 0 aliphatic heterocycles.